The number of carbonyl (C=O) groups is 2. The maximum atomic E-state index is 13.7. The molecule has 0 aliphatic carbocycles. The third-order valence-corrected chi connectivity index (χ3v) is 6.83. The van der Waals surface area contributed by atoms with E-state index in [2.05, 4.69) is 15.6 Å². The number of rotatable bonds is 12. The molecule has 3 aromatic rings. The molecule has 0 saturated carbocycles. The van der Waals surface area contributed by atoms with Crippen LogP contribution in [0.4, 0.5) is 14.5 Å². The number of pyridine rings is 1. The molecule has 1 fully saturated rings. The summed E-state index contributed by atoms with van der Waals surface area (Å²) in [5, 5.41) is 30.5. The van der Waals surface area contributed by atoms with E-state index < -0.39 is 62.4 Å². The Bertz CT molecular complexity index is 1460. The standard InChI is InChI=1S/C23H25F2N6O9P/c24-14-3-4-17(16(25)8-14)27-19(32)11-31-10-15(28-29-31)5-7-38-41(36,37)39-12-18-20(33)21(34)23(40-18)30-6-1-2-13(9-30)22(26)35/h1-4,6,8-10,18,20-21,23,33-34H,5,7,11-12H2,(H3-,26,27,32,35,36,37)/p+1/t18-,20-,21-,23-/m1/s1. The van der Waals surface area contributed by atoms with Crippen molar-refractivity contribution in [3.05, 3.63) is 71.8 Å². The third kappa shape index (κ3) is 7.95. The Morgan fingerprint density at radius 2 is 2.00 bits per heavy atom. The van der Waals surface area contributed by atoms with Crippen LogP contribution >= 0.6 is 7.82 Å². The number of hydrogen-bond donors (Lipinski definition) is 5. The van der Waals surface area contributed by atoms with Crippen LogP contribution in [0.2, 0.25) is 0 Å². The highest BCUT2D eigenvalue weighted by Gasteiger charge is 2.49. The molecule has 15 nitrogen and oxygen atoms in total. The lowest BCUT2D eigenvalue weighted by Gasteiger charge is -2.16. The van der Waals surface area contributed by atoms with Crippen molar-refractivity contribution in [2.45, 2.75) is 37.5 Å². The number of nitrogens with two attached hydrogens (primary N) is 1. The minimum atomic E-state index is -4.63. The number of anilines is 1. The number of amides is 2. The predicted molar refractivity (Wildman–Crippen MR) is 132 cm³/mol. The Balaban J connectivity index is 1.22. The van der Waals surface area contributed by atoms with Crippen LogP contribution in [0.1, 0.15) is 22.3 Å². The summed E-state index contributed by atoms with van der Waals surface area (Å²) < 4.78 is 56.8. The van der Waals surface area contributed by atoms with Gasteiger partial charge in [-0.3, -0.25) is 18.6 Å². The molecule has 1 saturated heterocycles. The summed E-state index contributed by atoms with van der Waals surface area (Å²) in [5.41, 5.74) is 5.47. The molecule has 1 aromatic carbocycles. The molecule has 3 heterocycles. The maximum absolute atomic E-state index is 13.7. The summed E-state index contributed by atoms with van der Waals surface area (Å²) in [7, 11) is -4.63. The minimum Gasteiger partial charge on any atom is -0.387 e. The number of primary amides is 1. The van der Waals surface area contributed by atoms with E-state index >= 15 is 0 Å². The smallest absolute Gasteiger partial charge is 0.387 e. The average molecular weight is 599 g/mol. The Labute approximate surface area is 230 Å². The Morgan fingerprint density at radius 3 is 2.73 bits per heavy atom. The molecule has 2 amide bonds. The fourth-order valence-electron chi connectivity index (χ4n) is 3.84. The van der Waals surface area contributed by atoms with Crippen molar-refractivity contribution in [3.63, 3.8) is 0 Å². The second kappa shape index (κ2) is 12.9. The largest absolute Gasteiger partial charge is 0.472 e. The summed E-state index contributed by atoms with van der Waals surface area (Å²) >= 11 is 0. The van der Waals surface area contributed by atoms with Crippen LogP contribution in [0.15, 0.2) is 48.9 Å². The maximum Gasteiger partial charge on any atom is 0.472 e. The van der Waals surface area contributed by atoms with Gasteiger partial charge in [0.15, 0.2) is 18.5 Å². The van der Waals surface area contributed by atoms with Gasteiger partial charge < -0.3 is 30.9 Å². The van der Waals surface area contributed by atoms with Crippen molar-refractivity contribution in [2.24, 2.45) is 5.73 Å². The lowest BCUT2D eigenvalue weighted by atomic mass is 10.1. The van der Waals surface area contributed by atoms with Gasteiger partial charge >= 0.3 is 7.82 Å². The van der Waals surface area contributed by atoms with Crippen LogP contribution in [-0.4, -0.2) is 73.4 Å². The number of ether oxygens (including phenoxy) is 1. The zero-order chi connectivity index (χ0) is 29.7. The number of nitrogens with one attached hydrogen (secondary N) is 1. The van der Waals surface area contributed by atoms with Gasteiger partial charge in [0.25, 0.3) is 12.1 Å². The van der Waals surface area contributed by atoms with Crippen molar-refractivity contribution in [3.8, 4) is 0 Å². The molecule has 18 heteroatoms. The van der Waals surface area contributed by atoms with Gasteiger partial charge in [0, 0.05) is 24.8 Å². The van der Waals surface area contributed by atoms with Gasteiger partial charge in [-0.1, -0.05) is 5.21 Å². The van der Waals surface area contributed by atoms with Crippen LogP contribution < -0.4 is 15.6 Å². The zero-order valence-electron chi connectivity index (χ0n) is 21.1. The van der Waals surface area contributed by atoms with Gasteiger partial charge in [-0.05, 0) is 18.2 Å². The first-order valence-corrected chi connectivity index (χ1v) is 13.5. The van der Waals surface area contributed by atoms with Gasteiger partial charge in [0.1, 0.15) is 36.0 Å². The number of hydrogen-bond acceptors (Lipinski definition) is 10. The van der Waals surface area contributed by atoms with Crippen LogP contribution in [-0.2, 0) is 36.1 Å². The van der Waals surface area contributed by atoms with Crippen molar-refractivity contribution in [1.29, 1.82) is 0 Å². The fraction of sp³-hybridized carbons (Fsp3) is 0.348. The monoisotopic (exact) mass is 599 g/mol. The Morgan fingerprint density at radius 1 is 1.22 bits per heavy atom. The van der Waals surface area contributed by atoms with E-state index in [1.165, 1.54) is 35.3 Å². The molecule has 5 atom stereocenters. The highest BCUT2D eigenvalue weighted by molar-refractivity contribution is 7.47. The second-order valence-corrected chi connectivity index (χ2v) is 10.3. The van der Waals surface area contributed by atoms with Crippen LogP contribution in [0.5, 0.6) is 0 Å². The number of carbonyl (C=O) groups excluding carboxylic acids is 2. The SMILES string of the molecule is NC(=O)c1ccc[n+]([C@@H]2O[C@H](COP(=O)(O)OCCc3cn(CC(=O)Nc4ccc(F)cc4F)nn3)[C@@H](O)[C@H]2O)c1. The first kappa shape index (κ1) is 30.3. The lowest BCUT2D eigenvalue weighted by Crippen LogP contribution is -2.46. The first-order valence-electron chi connectivity index (χ1n) is 12.0. The topological polar surface area (TPSA) is 212 Å². The van der Waals surface area contributed by atoms with E-state index in [0.717, 1.165) is 16.8 Å². The van der Waals surface area contributed by atoms with Gasteiger partial charge in [-0.2, -0.15) is 4.57 Å². The third-order valence-electron chi connectivity index (χ3n) is 5.85. The number of aliphatic hydroxyl groups excluding tert-OH is 2. The Kier molecular flexibility index (Phi) is 9.49. The number of aliphatic hydroxyl groups is 2. The van der Waals surface area contributed by atoms with Crippen LogP contribution in [0.25, 0.3) is 0 Å². The highest BCUT2D eigenvalue weighted by Crippen LogP contribution is 2.44. The van der Waals surface area contributed by atoms with E-state index in [0.29, 0.717) is 11.8 Å². The number of phosphoric acid groups is 1. The normalized spacial score (nSPS) is 21.9. The quantitative estimate of drug-likeness (QED) is 0.133. The summed E-state index contributed by atoms with van der Waals surface area (Å²) in [4.78, 5) is 33.5. The van der Waals surface area contributed by atoms with E-state index in [-0.39, 0.29) is 30.8 Å². The van der Waals surface area contributed by atoms with Crippen LogP contribution in [0.3, 0.4) is 0 Å². The molecule has 0 bridgehead atoms. The predicted octanol–water partition coefficient (Wildman–Crippen LogP) is -0.423. The number of nitrogens with zero attached hydrogens (tertiary/aromatic N) is 4. The van der Waals surface area contributed by atoms with E-state index in [1.807, 2.05) is 0 Å². The van der Waals surface area contributed by atoms with Gasteiger partial charge in [0.2, 0.25) is 5.91 Å². The minimum absolute atomic E-state index is 0.00168. The molecule has 41 heavy (non-hydrogen) atoms. The van der Waals surface area contributed by atoms with Crippen LogP contribution in [0, 0.1) is 11.6 Å². The molecule has 2 aromatic heterocycles. The van der Waals surface area contributed by atoms with Gasteiger partial charge in [-0.25, -0.2) is 18.0 Å². The van der Waals surface area contributed by atoms with E-state index in [9.17, 15) is 38.0 Å². The molecule has 1 aliphatic heterocycles. The van der Waals surface area contributed by atoms with E-state index in [1.54, 1.807) is 0 Å². The molecule has 1 aliphatic rings. The number of halogens is 2. The number of aromatic nitrogens is 4. The van der Waals surface area contributed by atoms with Gasteiger partial charge in [-0.15, -0.1) is 5.10 Å². The molecular formula is C23H26F2N6O9P+. The summed E-state index contributed by atoms with van der Waals surface area (Å²) in [6, 6.07) is 5.63. The molecular weight excluding hydrogens is 573 g/mol. The second-order valence-electron chi connectivity index (χ2n) is 8.88. The molecule has 6 N–H and O–H groups in total. The fourth-order valence-corrected chi connectivity index (χ4v) is 4.57. The lowest BCUT2D eigenvalue weighted by molar-refractivity contribution is -0.765. The van der Waals surface area contributed by atoms with Crippen molar-refractivity contribution in [2.75, 3.05) is 18.5 Å². The Hall–Kier alpha value is -3.70. The van der Waals surface area contributed by atoms with Crippen molar-refractivity contribution >= 4 is 25.3 Å². The molecule has 1 unspecified atom stereocenters. The number of phosphoric ester groups is 1. The molecule has 220 valence electrons. The highest BCUT2D eigenvalue weighted by atomic mass is 31.2. The van der Waals surface area contributed by atoms with Gasteiger partial charge in [0.05, 0.1) is 24.6 Å². The first-order chi connectivity index (χ1) is 19.4. The molecule has 0 radical (unpaired) electrons. The number of benzene rings is 1. The molecule has 0 spiro atoms. The van der Waals surface area contributed by atoms with Crippen molar-refractivity contribution < 1.29 is 56.4 Å². The summed E-state index contributed by atoms with van der Waals surface area (Å²) in [6.45, 7) is -1.29. The average Bonchev–Trinajstić information content (AvgIpc) is 3.48. The summed E-state index contributed by atoms with van der Waals surface area (Å²) in [5.74, 6) is -3.09. The summed E-state index contributed by atoms with van der Waals surface area (Å²) in [6.07, 6.45) is -1.12. The molecule has 4 rings (SSSR count). The van der Waals surface area contributed by atoms with E-state index in [4.69, 9.17) is 19.5 Å². The zero-order valence-corrected chi connectivity index (χ0v) is 22.0. The van der Waals surface area contributed by atoms with Crippen molar-refractivity contribution in [1.82, 2.24) is 15.0 Å².